The van der Waals surface area contributed by atoms with Crippen molar-refractivity contribution in [2.45, 2.75) is 12.5 Å². The average molecular weight is 262 g/mol. The van der Waals surface area contributed by atoms with Crippen LogP contribution in [0.3, 0.4) is 0 Å². The first-order chi connectivity index (χ1) is 8.45. The SMILES string of the molecule is COCCC(N)C(=O)Nc1cc(F)c(F)cc1F. The molecule has 1 amide bonds. The minimum absolute atomic E-state index is 0.230. The van der Waals surface area contributed by atoms with Gasteiger partial charge in [0.25, 0.3) is 0 Å². The van der Waals surface area contributed by atoms with Gasteiger partial charge in [0.1, 0.15) is 5.82 Å². The Bertz CT molecular complexity index is 441. The topological polar surface area (TPSA) is 64.3 Å². The van der Waals surface area contributed by atoms with Crippen LogP contribution in [0.5, 0.6) is 0 Å². The molecule has 3 N–H and O–H groups in total. The Morgan fingerprint density at radius 1 is 1.33 bits per heavy atom. The van der Waals surface area contributed by atoms with Gasteiger partial charge in [0.15, 0.2) is 11.6 Å². The van der Waals surface area contributed by atoms with Crippen LogP contribution in [-0.4, -0.2) is 25.7 Å². The predicted octanol–water partition coefficient (Wildman–Crippen LogP) is 1.41. The van der Waals surface area contributed by atoms with E-state index in [1.807, 2.05) is 0 Å². The van der Waals surface area contributed by atoms with Crippen LogP contribution in [0.25, 0.3) is 0 Å². The average Bonchev–Trinajstić information content (AvgIpc) is 2.32. The lowest BCUT2D eigenvalue weighted by atomic mass is 10.2. The summed E-state index contributed by atoms with van der Waals surface area (Å²) in [4.78, 5) is 11.5. The van der Waals surface area contributed by atoms with Gasteiger partial charge in [-0.25, -0.2) is 13.2 Å². The molecule has 0 saturated carbocycles. The van der Waals surface area contributed by atoms with Crippen LogP contribution in [0.2, 0.25) is 0 Å². The van der Waals surface area contributed by atoms with Gasteiger partial charge in [-0.15, -0.1) is 0 Å². The molecule has 7 heteroatoms. The first-order valence-electron chi connectivity index (χ1n) is 5.15. The fourth-order valence-corrected chi connectivity index (χ4v) is 1.22. The van der Waals surface area contributed by atoms with Crippen LogP contribution in [0.4, 0.5) is 18.9 Å². The summed E-state index contributed by atoms with van der Waals surface area (Å²) in [5, 5.41) is 2.09. The highest BCUT2D eigenvalue weighted by Crippen LogP contribution is 2.18. The molecule has 18 heavy (non-hydrogen) atoms. The lowest BCUT2D eigenvalue weighted by Crippen LogP contribution is -2.36. The fourth-order valence-electron chi connectivity index (χ4n) is 1.22. The number of hydrogen-bond acceptors (Lipinski definition) is 3. The number of nitrogens with one attached hydrogen (secondary N) is 1. The largest absolute Gasteiger partial charge is 0.385 e. The van der Waals surface area contributed by atoms with E-state index in [1.165, 1.54) is 7.11 Å². The Labute approximate surface area is 102 Å². The second-order valence-corrected chi connectivity index (χ2v) is 3.62. The maximum absolute atomic E-state index is 13.2. The molecule has 0 radical (unpaired) electrons. The van der Waals surface area contributed by atoms with Crippen molar-refractivity contribution in [2.24, 2.45) is 5.73 Å². The molecule has 0 fully saturated rings. The van der Waals surface area contributed by atoms with Crippen LogP contribution < -0.4 is 11.1 Å². The minimum atomic E-state index is -1.32. The van der Waals surface area contributed by atoms with Gasteiger partial charge >= 0.3 is 0 Å². The second-order valence-electron chi connectivity index (χ2n) is 3.62. The van der Waals surface area contributed by atoms with Gasteiger partial charge in [-0.1, -0.05) is 0 Å². The molecule has 4 nitrogen and oxygen atoms in total. The molecule has 0 aliphatic heterocycles. The van der Waals surface area contributed by atoms with Crippen molar-refractivity contribution in [1.29, 1.82) is 0 Å². The molecule has 0 spiro atoms. The Morgan fingerprint density at radius 2 is 1.94 bits per heavy atom. The number of carbonyl (C=O) groups excluding carboxylic acids is 1. The number of carbonyl (C=O) groups is 1. The van der Waals surface area contributed by atoms with Crippen molar-refractivity contribution in [3.63, 3.8) is 0 Å². The molecule has 0 aliphatic carbocycles. The molecule has 0 heterocycles. The smallest absolute Gasteiger partial charge is 0.241 e. The standard InChI is InChI=1S/C11H13F3N2O2/c1-18-3-2-9(15)11(17)16-10-5-7(13)6(12)4-8(10)14/h4-5,9H,2-3,15H2,1H3,(H,16,17). The van der Waals surface area contributed by atoms with Gasteiger partial charge in [0.2, 0.25) is 5.91 Å². The van der Waals surface area contributed by atoms with E-state index in [1.54, 1.807) is 0 Å². The molecule has 0 bridgehead atoms. The lowest BCUT2D eigenvalue weighted by molar-refractivity contribution is -0.117. The third-order valence-corrected chi connectivity index (χ3v) is 2.24. The van der Waals surface area contributed by atoms with E-state index >= 15 is 0 Å². The number of amides is 1. The molecule has 1 unspecified atom stereocenters. The van der Waals surface area contributed by atoms with Crippen LogP contribution in [-0.2, 0) is 9.53 Å². The maximum Gasteiger partial charge on any atom is 0.241 e. The summed E-state index contributed by atoms with van der Waals surface area (Å²) in [6.45, 7) is 0.259. The summed E-state index contributed by atoms with van der Waals surface area (Å²) in [5.41, 5.74) is 5.03. The number of ether oxygens (including phenoxy) is 1. The van der Waals surface area contributed by atoms with Crippen LogP contribution in [0, 0.1) is 17.5 Å². The predicted molar refractivity (Wildman–Crippen MR) is 59.4 cm³/mol. The third-order valence-electron chi connectivity index (χ3n) is 2.24. The zero-order valence-electron chi connectivity index (χ0n) is 9.67. The number of methoxy groups -OCH3 is 1. The van der Waals surface area contributed by atoms with E-state index in [0.29, 0.717) is 12.1 Å². The molecule has 1 aromatic rings. The van der Waals surface area contributed by atoms with Gasteiger partial charge in [-0.2, -0.15) is 0 Å². The van der Waals surface area contributed by atoms with Crippen LogP contribution >= 0.6 is 0 Å². The van der Waals surface area contributed by atoms with E-state index in [4.69, 9.17) is 10.5 Å². The summed E-state index contributed by atoms with van der Waals surface area (Å²) in [7, 11) is 1.44. The van der Waals surface area contributed by atoms with Gasteiger partial charge in [-0.05, 0) is 6.42 Å². The van der Waals surface area contributed by atoms with Crippen molar-refractivity contribution < 1.29 is 22.7 Å². The first-order valence-corrected chi connectivity index (χ1v) is 5.15. The second kappa shape index (κ2) is 6.36. The zero-order valence-corrected chi connectivity index (χ0v) is 9.67. The lowest BCUT2D eigenvalue weighted by Gasteiger charge is -2.12. The van der Waals surface area contributed by atoms with E-state index in [-0.39, 0.29) is 13.0 Å². The number of nitrogens with two attached hydrogens (primary N) is 1. The molecule has 1 atom stereocenters. The van der Waals surface area contributed by atoms with Gasteiger partial charge < -0.3 is 15.8 Å². The number of benzene rings is 1. The Morgan fingerprint density at radius 3 is 2.56 bits per heavy atom. The Hall–Kier alpha value is -1.60. The summed E-state index contributed by atoms with van der Waals surface area (Å²) < 4.78 is 43.5. The Balaban J connectivity index is 2.72. The maximum atomic E-state index is 13.2. The molecule has 0 aliphatic rings. The fraction of sp³-hybridized carbons (Fsp3) is 0.364. The first kappa shape index (κ1) is 14.5. The summed E-state index contributed by atoms with van der Waals surface area (Å²) in [6.07, 6.45) is 0.230. The monoisotopic (exact) mass is 262 g/mol. The van der Waals surface area contributed by atoms with Gasteiger partial charge in [0.05, 0.1) is 11.7 Å². The van der Waals surface area contributed by atoms with E-state index in [0.717, 1.165) is 0 Å². The number of hydrogen-bond donors (Lipinski definition) is 2. The Kier molecular flexibility index (Phi) is 5.11. The van der Waals surface area contributed by atoms with E-state index in [2.05, 4.69) is 5.32 Å². The molecular weight excluding hydrogens is 249 g/mol. The van der Waals surface area contributed by atoms with Crippen molar-refractivity contribution in [3.05, 3.63) is 29.6 Å². The summed E-state index contributed by atoms with van der Waals surface area (Å²) >= 11 is 0. The van der Waals surface area contributed by atoms with Crippen molar-refractivity contribution in [1.82, 2.24) is 0 Å². The van der Waals surface area contributed by atoms with Crippen molar-refractivity contribution in [2.75, 3.05) is 19.0 Å². The normalized spacial score (nSPS) is 12.3. The van der Waals surface area contributed by atoms with Crippen molar-refractivity contribution in [3.8, 4) is 0 Å². The highest BCUT2D eigenvalue weighted by atomic mass is 19.2. The molecule has 0 aromatic heterocycles. The van der Waals surface area contributed by atoms with E-state index < -0.39 is 35.1 Å². The van der Waals surface area contributed by atoms with Crippen LogP contribution in [0.1, 0.15) is 6.42 Å². The quantitative estimate of drug-likeness (QED) is 0.788. The summed E-state index contributed by atoms with van der Waals surface area (Å²) in [5.74, 6) is -4.34. The molecule has 1 aromatic carbocycles. The van der Waals surface area contributed by atoms with Crippen molar-refractivity contribution >= 4 is 11.6 Å². The zero-order chi connectivity index (χ0) is 13.7. The summed E-state index contributed by atoms with van der Waals surface area (Å²) in [6, 6.07) is -0.00509. The van der Waals surface area contributed by atoms with E-state index in [9.17, 15) is 18.0 Å². The number of anilines is 1. The third kappa shape index (κ3) is 3.71. The van der Waals surface area contributed by atoms with Gasteiger partial charge in [-0.3, -0.25) is 4.79 Å². The number of rotatable bonds is 5. The molecule has 0 saturated heterocycles. The molecule has 100 valence electrons. The van der Waals surface area contributed by atoms with Crippen LogP contribution in [0.15, 0.2) is 12.1 Å². The minimum Gasteiger partial charge on any atom is -0.385 e. The van der Waals surface area contributed by atoms with Gasteiger partial charge in [0, 0.05) is 25.8 Å². The number of halogens is 3. The highest BCUT2D eigenvalue weighted by Gasteiger charge is 2.17. The molecule has 1 rings (SSSR count). The molecular formula is C11H13F3N2O2. The highest BCUT2D eigenvalue weighted by molar-refractivity contribution is 5.94.